The third-order valence-corrected chi connectivity index (χ3v) is 3.43. The Morgan fingerprint density at radius 2 is 2.00 bits per heavy atom. The molecule has 1 heterocycles. The molecule has 0 amide bonds. The lowest BCUT2D eigenvalue weighted by Crippen LogP contribution is -1.95. The van der Waals surface area contributed by atoms with E-state index in [4.69, 9.17) is 5.73 Å². The van der Waals surface area contributed by atoms with Crippen molar-refractivity contribution in [2.75, 3.05) is 0 Å². The zero-order valence-electron chi connectivity index (χ0n) is 9.44. The number of aromatic nitrogens is 1. The number of nitrogens with zero attached hydrogens (tertiary/aromatic N) is 1. The van der Waals surface area contributed by atoms with Crippen molar-refractivity contribution in [3.05, 3.63) is 40.9 Å². The van der Waals surface area contributed by atoms with Gasteiger partial charge in [0.25, 0.3) is 0 Å². The highest BCUT2D eigenvalue weighted by atomic mass is 32.1. The SMILES string of the molecule is CCCc1csc(-c2ccc(CN)cc2)n1. The lowest BCUT2D eigenvalue weighted by Gasteiger charge is -1.98. The fraction of sp³-hybridized carbons (Fsp3) is 0.308. The maximum atomic E-state index is 5.57. The summed E-state index contributed by atoms with van der Waals surface area (Å²) in [6, 6.07) is 8.32. The molecular formula is C13H16N2S. The number of benzene rings is 1. The minimum absolute atomic E-state index is 0.596. The van der Waals surface area contributed by atoms with Crippen LogP contribution >= 0.6 is 11.3 Å². The van der Waals surface area contributed by atoms with Crippen molar-refractivity contribution in [2.24, 2.45) is 5.73 Å². The molecular weight excluding hydrogens is 216 g/mol. The molecule has 0 fully saturated rings. The normalized spacial score (nSPS) is 10.6. The molecule has 84 valence electrons. The Kier molecular flexibility index (Phi) is 3.70. The molecule has 2 N–H and O–H groups in total. The van der Waals surface area contributed by atoms with Crippen molar-refractivity contribution in [1.82, 2.24) is 4.98 Å². The fourth-order valence-electron chi connectivity index (χ4n) is 1.59. The van der Waals surface area contributed by atoms with E-state index in [-0.39, 0.29) is 0 Å². The van der Waals surface area contributed by atoms with Crippen LogP contribution in [-0.4, -0.2) is 4.98 Å². The van der Waals surface area contributed by atoms with E-state index in [9.17, 15) is 0 Å². The van der Waals surface area contributed by atoms with Gasteiger partial charge in [0.1, 0.15) is 5.01 Å². The summed E-state index contributed by atoms with van der Waals surface area (Å²) in [7, 11) is 0. The van der Waals surface area contributed by atoms with Crippen LogP contribution in [-0.2, 0) is 13.0 Å². The van der Waals surface area contributed by atoms with E-state index in [1.54, 1.807) is 11.3 Å². The van der Waals surface area contributed by atoms with E-state index in [1.165, 1.54) is 11.3 Å². The standard InChI is InChI=1S/C13H16N2S/c1-2-3-12-9-16-13(15-12)11-6-4-10(8-14)5-7-11/h4-7,9H,2-3,8,14H2,1H3. The van der Waals surface area contributed by atoms with Crippen LogP contribution in [0, 0.1) is 0 Å². The average molecular weight is 232 g/mol. The Bertz CT molecular complexity index is 445. The zero-order valence-corrected chi connectivity index (χ0v) is 10.3. The van der Waals surface area contributed by atoms with Crippen LogP contribution in [0.25, 0.3) is 10.6 Å². The molecule has 2 rings (SSSR count). The average Bonchev–Trinajstić information content (AvgIpc) is 2.78. The monoisotopic (exact) mass is 232 g/mol. The van der Waals surface area contributed by atoms with E-state index in [0.717, 1.165) is 23.4 Å². The Labute approximate surface area is 100 Å². The van der Waals surface area contributed by atoms with Gasteiger partial charge in [-0.2, -0.15) is 0 Å². The second-order valence-electron chi connectivity index (χ2n) is 3.80. The lowest BCUT2D eigenvalue weighted by molar-refractivity contribution is 0.893. The molecule has 1 aromatic heterocycles. The van der Waals surface area contributed by atoms with Crippen molar-refractivity contribution in [3.8, 4) is 10.6 Å². The van der Waals surface area contributed by atoms with Crippen LogP contribution < -0.4 is 5.73 Å². The van der Waals surface area contributed by atoms with E-state index in [1.807, 2.05) is 0 Å². The second kappa shape index (κ2) is 5.23. The molecule has 2 nitrogen and oxygen atoms in total. The molecule has 2 aromatic rings. The first kappa shape index (κ1) is 11.3. The van der Waals surface area contributed by atoms with Crippen LogP contribution in [0.2, 0.25) is 0 Å². The smallest absolute Gasteiger partial charge is 0.123 e. The van der Waals surface area contributed by atoms with E-state index in [0.29, 0.717) is 6.54 Å². The highest BCUT2D eigenvalue weighted by Crippen LogP contribution is 2.24. The summed E-state index contributed by atoms with van der Waals surface area (Å²) >= 11 is 1.71. The molecule has 3 heteroatoms. The molecule has 0 aliphatic carbocycles. The van der Waals surface area contributed by atoms with Crippen LogP contribution in [0.15, 0.2) is 29.6 Å². The summed E-state index contributed by atoms with van der Waals surface area (Å²) in [5, 5.41) is 3.25. The Balaban J connectivity index is 2.21. The van der Waals surface area contributed by atoms with Gasteiger partial charge in [0, 0.05) is 17.5 Å². The summed E-state index contributed by atoms with van der Waals surface area (Å²) in [6.07, 6.45) is 2.21. The van der Waals surface area contributed by atoms with E-state index < -0.39 is 0 Å². The van der Waals surface area contributed by atoms with Gasteiger partial charge in [-0.1, -0.05) is 37.6 Å². The maximum Gasteiger partial charge on any atom is 0.123 e. The molecule has 0 unspecified atom stereocenters. The molecule has 0 spiro atoms. The summed E-state index contributed by atoms with van der Waals surface area (Å²) in [5.41, 5.74) is 9.11. The van der Waals surface area contributed by atoms with Gasteiger partial charge in [-0.3, -0.25) is 0 Å². The third kappa shape index (κ3) is 2.49. The van der Waals surface area contributed by atoms with Gasteiger partial charge in [-0.25, -0.2) is 4.98 Å². The highest BCUT2D eigenvalue weighted by molar-refractivity contribution is 7.13. The third-order valence-electron chi connectivity index (χ3n) is 2.49. The van der Waals surface area contributed by atoms with Crippen LogP contribution in [0.5, 0.6) is 0 Å². The fourth-order valence-corrected chi connectivity index (χ4v) is 2.45. The van der Waals surface area contributed by atoms with Crippen molar-refractivity contribution < 1.29 is 0 Å². The van der Waals surface area contributed by atoms with Gasteiger partial charge in [0.2, 0.25) is 0 Å². The summed E-state index contributed by atoms with van der Waals surface area (Å²) in [6.45, 7) is 2.77. The topological polar surface area (TPSA) is 38.9 Å². The molecule has 0 saturated heterocycles. The highest BCUT2D eigenvalue weighted by Gasteiger charge is 2.03. The predicted octanol–water partition coefficient (Wildman–Crippen LogP) is 3.22. The van der Waals surface area contributed by atoms with Gasteiger partial charge in [0.15, 0.2) is 0 Å². The molecule has 16 heavy (non-hydrogen) atoms. The second-order valence-corrected chi connectivity index (χ2v) is 4.65. The van der Waals surface area contributed by atoms with Gasteiger partial charge in [-0.15, -0.1) is 11.3 Å². The Hall–Kier alpha value is -1.19. The van der Waals surface area contributed by atoms with Crippen molar-refractivity contribution in [3.63, 3.8) is 0 Å². The van der Waals surface area contributed by atoms with Gasteiger partial charge >= 0.3 is 0 Å². The quantitative estimate of drug-likeness (QED) is 0.879. The minimum atomic E-state index is 0.596. The van der Waals surface area contributed by atoms with Gasteiger partial charge in [0.05, 0.1) is 5.69 Å². The van der Waals surface area contributed by atoms with Crippen molar-refractivity contribution >= 4 is 11.3 Å². The van der Waals surface area contributed by atoms with E-state index in [2.05, 4.69) is 41.6 Å². The molecule has 0 aliphatic rings. The number of aryl methyl sites for hydroxylation is 1. The van der Waals surface area contributed by atoms with Gasteiger partial charge in [-0.05, 0) is 12.0 Å². The minimum Gasteiger partial charge on any atom is -0.326 e. The van der Waals surface area contributed by atoms with Crippen LogP contribution in [0.3, 0.4) is 0 Å². The number of nitrogens with two attached hydrogens (primary N) is 1. The number of hydrogen-bond acceptors (Lipinski definition) is 3. The molecule has 1 aromatic carbocycles. The largest absolute Gasteiger partial charge is 0.326 e. The number of rotatable bonds is 4. The Morgan fingerprint density at radius 3 is 2.62 bits per heavy atom. The summed E-state index contributed by atoms with van der Waals surface area (Å²) in [5.74, 6) is 0. The van der Waals surface area contributed by atoms with Crippen LogP contribution in [0.4, 0.5) is 0 Å². The first-order valence-electron chi connectivity index (χ1n) is 5.57. The molecule has 0 radical (unpaired) electrons. The Morgan fingerprint density at radius 1 is 1.25 bits per heavy atom. The summed E-state index contributed by atoms with van der Waals surface area (Å²) in [4.78, 5) is 4.61. The zero-order chi connectivity index (χ0) is 11.4. The van der Waals surface area contributed by atoms with Crippen molar-refractivity contribution in [1.29, 1.82) is 0 Å². The molecule has 0 bridgehead atoms. The first-order valence-corrected chi connectivity index (χ1v) is 6.45. The number of hydrogen-bond donors (Lipinski definition) is 1. The van der Waals surface area contributed by atoms with E-state index >= 15 is 0 Å². The molecule has 0 saturated carbocycles. The number of thiazole rings is 1. The maximum absolute atomic E-state index is 5.57. The van der Waals surface area contributed by atoms with Gasteiger partial charge < -0.3 is 5.73 Å². The molecule has 0 atom stereocenters. The summed E-state index contributed by atoms with van der Waals surface area (Å²) < 4.78 is 0. The lowest BCUT2D eigenvalue weighted by atomic mass is 10.1. The predicted molar refractivity (Wildman–Crippen MR) is 69.4 cm³/mol. The van der Waals surface area contributed by atoms with Crippen molar-refractivity contribution in [2.45, 2.75) is 26.3 Å². The first-order chi connectivity index (χ1) is 7.83. The molecule has 0 aliphatic heterocycles. The van der Waals surface area contributed by atoms with Crippen LogP contribution in [0.1, 0.15) is 24.6 Å².